The van der Waals surface area contributed by atoms with Gasteiger partial charge in [-0.3, -0.25) is 4.79 Å². The molecule has 2 aromatic rings. The molecule has 0 amide bonds. The second-order valence-electron chi connectivity index (χ2n) is 7.05. The van der Waals surface area contributed by atoms with E-state index in [-0.39, 0.29) is 23.9 Å². The van der Waals surface area contributed by atoms with Crippen LogP contribution in [0, 0.1) is 0 Å². The number of fused-ring (bicyclic) bond motifs is 1. The van der Waals surface area contributed by atoms with Crippen LogP contribution in [0.5, 0.6) is 11.5 Å². The molecular weight excluding hydrogens is 348 g/mol. The summed E-state index contributed by atoms with van der Waals surface area (Å²) in [6, 6.07) is 6.68. The van der Waals surface area contributed by atoms with Gasteiger partial charge in [-0.2, -0.15) is 0 Å². The van der Waals surface area contributed by atoms with Gasteiger partial charge < -0.3 is 29.2 Å². The highest BCUT2D eigenvalue weighted by Crippen LogP contribution is 2.39. The molecule has 1 saturated heterocycles. The molecule has 1 aromatic heterocycles. The number of carbonyl (C=O) groups excluding carboxylic acids is 1. The van der Waals surface area contributed by atoms with Crippen LogP contribution in [0.15, 0.2) is 40.7 Å². The fraction of sp³-hybridized carbons (Fsp3) is 0.350. The Labute approximate surface area is 157 Å². The molecule has 142 valence electrons. The van der Waals surface area contributed by atoms with Crippen LogP contribution >= 0.6 is 0 Å². The number of ether oxygens (including phenoxy) is 1. The SMILES string of the molecule is O=C1/C(=C\c2ccco2)Oc2c1ccc(O)c2C[NH+]1CC[NH+](CCO)CC1. The lowest BCUT2D eigenvalue weighted by molar-refractivity contribution is -1.02. The molecule has 27 heavy (non-hydrogen) atoms. The third-order valence-corrected chi connectivity index (χ3v) is 5.29. The van der Waals surface area contributed by atoms with E-state index in [1.54, 1.807) is 30.3 Å². The van der Waals surface area contributed by atoms with E-state index in [4.69, 9.17) is 14.3 Å². The van der Waals surface area contributed by atoms with Gasteiger partial charge in [-0.1, -0.05) is 0 Å². The van der Waals surface area contributed by atoms with Gasteiger partial charge in [-0.05, 0) is 24.3 Å². The molecule has 4 N–H and O–H groups in total. The van der Waals surface area contributed by atoms with Crippen molar-refractivity contribution < 1.29 is 34.0 Å². The Hall–Kier alpha value is -2.61. The normalized spacial score (nSPS) is 23.4. The van der Waals surface area contributed by atoms with Crippen molar-refractivity contribution in [1.29, 1.82) is 0 Å². The molecule has 0 aliphatic carbocycles. The summed E-state index contributed by atoms with van der Waals surface area (Å²) < 4.78 is 11.1. The highest BCUT2D eigenvalue weighted by molar-refractivity contribution is 6.14. The molecule has 2 aliphatic rings. The lowest BCUT2D eigenvalue weighted by Gasteiger charge is -2.29. The minimum Gasteiger partial charge on any atom is -0.507 e. The third kappa shape index (κ3) is 3.62. The van der Waals surface area contributed by atoms with Crippen molar-refractivity contribution in [3.63, 3.8) is 0 Å². The number of carbonyl (C=O) groups is 1. The maximum atomic E-state index is 12.6. The minimum atomic E-state index is -0.199. The van der Waals surface area contributed by atoms with Gasteiger partial charge >= 0.3 is 0 Å². The molecule has 7 nitrogen and oxygen atoms in total. The van der Waals surface area contributed by atoms with Crippen LogP contribution in [0.25, 0.3) is 6.08 Å². The van der Waals surface area contributed by atoms with Crippen molar-refractivity contribution in [3.8, 4) is 11.5 Å². The quantitative estimate of drug-likeness (QED) is 0.500. The number of hydrogen-bond donors (Lipinski definition) is 4. The van der Waals surface area contributed by atoms with Gasteiger partial charge in [0.15, 0.2) is 11.5 Å². The van der Waals surface area contributed by atoms with Gasteiger partial charge in [-0.15, -0.1) is 0 Å². The van der Waals surface area contributed by atoms with E-state index in [9.17, 15) is 9.90 Å². The Kier molecular flexibility index (Phi) is 4.98. The number of aliphatic hydroxyl groups is 1. The molecule has 0 bridgehead atoms. The molecule has 1 fully saturated rings. The number of aliphatic hydroxyl groups excluding tert-OH is 1. The Morgan fingerprint density at radius 3 is 2.59 bits per heavy atom. The number of allylic oxidation sites excluding steroid dienone is 1. The van der Waals surface area contributed by atoms with Gasteiger partial charge in [0.2, 0.25) is 5.78 Å². The van der Waals surface area contributed by atoms with Crippen molar-refractivity contribution in [2.45, 2.75) is 6.54 Å². The molecule has 0 atom stereocenters. The lowest BCUT2D eigenvalue weighted by atomic mass is 10.0. The standard InChI is InChI=1S/C20H22N2O5/c23-10-9-21-5-7-22(8-6-21)13-16-17(24)4-3-15-19(25)18(27-20(15)16)12-14-2-1-11-26-14/h1-4,11-12,23-24H,5-10,13H2/p+2/b18-12+. The number of nitrogens with one attached hydrogen (secondary N) is 2. The lowest BCUT2D eigenvalue weighted by Crippen LogP contribution is -3.27. The first kappa shape index (κ1) is 17.8. The maximum Gasteiger partial charge on any atom is 0.232 e. The van der Waals surface area contributed by atoms with E-state index in [1.807, 2.05) is 0 Å². The number of ketones is 1. The second kappa shape index (κ2) is 7.56. The summed E-state index contributed by atoms with van der Waals surface area (Å²) >= 11 is 0. The van der Waals surface area contributed by atoms with Crippen LogP contribution in [0.4, 0.5) is 0 Å². The zero-order valence-corrected chi connectivity index (χ0v) is 15.0. The summed E-state index contributed by atoms with van der Waals surface area (Å²) in [5.74, 6) is 1.16. The Bertz CT molecular complexity index is 852. The molecule has 3 heterocycles. The van der Waals surface area contributed by atoms with Gasteiger partial charge in [-0.25, -0.2) is 0 Å². The van der Waals surface area contributed by atoms with E-state index in [2.05, 4.69) is 0 Å². The average molecular weight is 372 g/mol. The van der Waals surface area contributed by atoms with Crippen LogP contribution in [0.3, 0.4) is 0 Å². The molecular formula is C20H24N2O5+2. The minimum absolute atomic E-state index is 0.151. The maximum absolute atomic E-state index is 12.6. The predicted octanol–water partition coefficient (Wildman–Crippen LogP) is -1.12. The van der Waals surface area contributed by atoms with Crippen LogP contribution in [-0.4, -0.2) is 55.3 Å². The number of quaternary nitrogens is 2. The Balaban J connectivity index is 1.54. The van der Waals surface area contributed by atoms with Crippen molar-refractivity contribution in [3.05, 3.63) is 53.2 Å². The van der Waals surface area contributed by atoms with E-state index < -0.39 is 0 Å². The smallest absolute Gasteiger partial charge is 0.232 e. The summed E-state index contributed by atoms with van der Waals surface area (Å²) in [5.41, 5.74) is 1.15. The van der Waals surface area contributed by atoms with Crippen molar-refractivity contribution in [2.75, 3.05) is 39.3 Å². The highest BCUT2D eigenvalue weighted by Gasteiger charge is 2.33. The van der Waals surface area contributed by atoms with E-state index >= 15 is 0 Å². The third-order valence-electron chi connectivity index (χ3n) is 5.29. The van der Waals surface area contributed by atoms with E-state index in [0.717, 1.165) is 32.7 Å². The predicted molar refractivity (Wildman–Crippen MR) is 96.8 cm³/mol. The molecule has 0 radical (unpaired) electrons. The topological polar surface area (TPSA) is 88.8 Å². The molecule has 0 saturated carbocycles. The Morgan fingerprint density at radius 2 is 1.89 bits per heavy atom. The fourth-order valence-electron chi connectivity index (χ4n) is 3.76. The second-order valence-corrected chi connectivity index (χ2v) is 7.05. The number of hydrogen-bond acceptors (Lipinski definition) is 5. The van der Waals surface area contributed by atoms with Crippen molar-refractivity contribution in [1.82, 2.24) is 0 Å². The zero-order chi connectivity index (χ0) is 18.8. The number of furan rings is 1. The molecule has 4 rings (SSSR count). The monoisotopic (exact) mass is 372 g/mol. The first-order chi connectivity index (χ1) is 13.2. The van der Waals surface area contributed by atoms with Gasteiger partial charge in [0.05, 0.1) is 24.0 Å². The van der Waals surface area contributed by atoms with Crippen LogP contribution in [-0.2, 0) is 6.54 Å². The van der Waals surface area contributed by atoms with Gasteiger partial charge in [0.25, 0.3) is 0 Å². The van der Waals surface area contributed by atoms with Gasteiger partial charge in [0, 0.05) is 6.08 Å². The summed E-state index contributed by atoms with van der Waals surface area (Å²) in [7, 11) is 0. The van der Waals surface area contributed by atoms with Crippen LogP contribution < -0.4 is 14.5 Å². The van der Waals surface area contributed by atoms with Crippen LogP contribution in [0.2, 0.25) is 0 Å². The largest absolute Gasteiger partial charge is 0.507 e. The number of benzene rings is 1. The summed E-state index contributed by atoms with van der Waals surface area (Å²) in [5, 5.41) is 19.5. The average Bonchev–Trinajstić information content (AvgIpc) is 3.28. The molecule has 0 unspecified atom stereocenters. The molecule has 2 aliphatic heterocycles. The summed E-state index contributed by atoms with van der Waals surface area (Å²) in [6.45, 7) is 5.44. The Morgan fingerprint density at radius 1 is 1.11 bits per heavy atom. The summed E-state index contributed by atoms with van der Waals surface area (Å²) in [4.78, 5) is 15.4. The fourth-order valence-corrected chi connectivity index (χ4v) is 3.76. The number of phenolic OH excluding ortho intramolecular Hbond substituents is 1. The number of piperazine rings is 1. The van der Waals surface area contributed by atoms with E-state index in [0.29, 0.717) is 29.2 Å². The van der Waals surface area contributed by atoms with Crippen molar-refractivity contribution in [2.24, 2.45) is 0 Å². The molecule has 1 aromatic carbocycles. The van der Waals surface area contributed by atoms with E-state index in [1.165, 1.54) is 16.1 Å². The van der Waals surface area contributed by atoms with Crippen LogP contribution in [0.1, 0.15) is 21.7 Å². The van der Waals surface area contributed by atoms with Gasteiger partial charge in [0.1, 0.15) is 50.8 Å². The zero-order valence-electron chi connectivity index (χ0n) is 15.0. The molecule has 0 spiro atoms. The number of phenols is 1. The van der Waals surface area contributed by atoms with Crippen molar-refractivity contribution >= 4 is 11.9 Å². The summed E-state index contributed by atoms with van der Waals surface area (Å²) in [6.07, 6.45) is 3.12. The number of Topliss-reactive ketones (excluding diaryl/α,β-unsaturated/α-hetero) is 1. The number of aromatic hydroxyl groups is 1. The first-order valence-corrected chi connectivity index (χ1v) is 9.26. The highest BCUT2D eigenvalue weighted by atomic mass is 16.5. The first-order valence-electron chi connectivity index (χ1n) is 9.26. The molecule has 7 heteroatoms. The number of rotatable bonds is 5.